The molecule has 0 bridgehead atoms. The molecule has 0 saturated carbocycles. The molecular formula is C23H26N4OS. The lowest BCUT2D eigenvalue weighted by atomic mass is 9.95. The van der Waals surface area contributed by atoms with Crippen LogP contribution in [0.5, 0.6) is 0 Å². The SMILES string of the molecule is CSc1ccc(CN2CCC(C(=O)Nc3cccc(-c4ccn[nH]4)c3)CC2)cc1. The molecular weight excluding hydrogens is 380 g/mol. The highest BCUT2D eigenvalue weighted by atomic mass is 32.2. The van der Waals surface area contributed by atoms with Crippen molar-refractivity contribution in [2.45, 2.75) is 24.3 Å². The number of likely N-dealkylation sites (tertiary alicyclic amines) is 1. The van der Waals surface area contributed by atoms with Crippen molar-refractivity contribution in [1.82, 2.24) is 15.1 Å². The lowest BCUT2D eigenvalue weighted by Crippen LogP contribution is -2.37. The third-order valence-electron chi connectivity index (χ3n) is 5.47. The van der Waals surface area contributed by atoms with Gasteiger partial charge in [0, 0.05) is 34.8 Å². The summed E-state index contributed by atoms with van der Waals surface area (Å²) in [5.74, 6) is 0.191. The van der Waals surface area contributed by atoms with Gasteiger partial charge in [-0.2, -0.15) is 5.10 Å². The molecule has 1 aliphatic heterocycles. The average Bonchev–Trinajstić information content (AvgIpc) is 3.30. The molecule has 29 heavy (non-hydrogen) atoms. The molecule has 6 heteroatoms. The van der Waals surface area contributed by atoms with Crippen molar-refractivity contribution in [3.05, 3.63) is 66.4 Å². The van der Waals surface area contributed by atoms with E-state index in [0.29, 0.717) is 0 Å². The molecule has 0 atom stereocenters. The summed E-state index contributed by atoms with van der Waals surface area (Å²) in [6, 6.07) is 18.6. The average molecular weight is 407 g/mol. The number of thioether (sulfide) groups is 1. The molecule has 1 aromatic heterocycles. The standard InChI is InChI=1S/C23H26N4OS/c1-29-21-7-5-17(6-8-21)16-27-13-10-18(11-14-27)23(28)25-20-4-2-3-19(15-20)22-9-12-24-26-22/h2-9,12,15,18H,10-11,13-14,16H2,1H3,(H,24,26)(H,25,28). The van der Waals surface area contributed by atoms with E-state index in [1.807, 2.05) is 30.3 Å². The topological polar surface area (TPSA) is 61.0 Å². The Labute approximate surface area is 175 Å². The molecule has 3 aromatic rings. The van der Waals surface area contributed by atoms with Crippen molar-refractivity contribution >= 4 is 23.4 Å². The number of carbonyl (C=O) groups excluding carboxylic acids is 1. The minimum absolute atomic E-state index is 0.0703. The number of nitrogens with one attached hydrogen (secondary N) is 2. The Balaban J connectivity index is 1.29. The van der Waals surface area contributed by atoms with Gasteiger partial charge < -0.3 is 5.32 Å². The predicted molar refractivity (Wildman–Crippen MR) is 119 cm³/mol. The van der Waals surface area contributed by atoms with E-state index in [-0.39, 0.29) is 11.8 Å². The smallest absolute Gasteiger partial charge is 0.227 e. The minimum atomic E-state index is 0.0703. The van der Waals surface area contributed by atoms with Crippen molar-refractivity contribution in [2.75, 3.05) is 24.7 Å². The van der Waals surface area contributed by atoms with Crippen LogP contribution in [0.15, 0.2) is 65.7 Å². The number of amides is 1. The second kappa shape index (κ2) is 9.29. The highest BCUT2D eigenvalue weighted by Gasteiger charge is 2.25. The van der Waals surface area contributed by atoms with Crippen LogP contribution in [0.4, 0.5) is 5.69 Å². The number of benzene rings is 2. The normalized spacial score (nSPS) is 15.3. The molecule has 1 amide bonds. The summed E-state index contributed by atoms with van der Waals surface area (Å²) in [6.07, 6.45) is 5.62. The summed E-state index contributed by atoms with van der Waals surface area (Å²) in [4.78, 5) is 16.5. The predicted octanol–water partition coefficient (Wildman–Crippen LogP) is 4.65. The number of anilines is 1. The summed E-state index contributed by atoms with van der Waals surface area (Å²) >= 11 is 1.76. The molecule has 1 fully saturated rings. The third-order valence-corrected chi connectivity index (χ3v) is 6.21. The quantitative estimate of drug-likeness (QED) is 0.585. The Kier molecular flexibility index (Phi) is 6.32. The molecule has 0 aliphatic carbocycles. The Morgan fingerprint density at radius 1 is 1.17 bits per heavy atom. The lowest BCUT2D eigenvalue weighted by molar-refractivity contribution is -0.121. The number of H-pyrrole nitrogens is 1. The summed E-state index contributed by atoms with van der Waals surface area (Å²) in [7, 11) is 0. The Hall–Kier alpha value is -2.57. The molecule has 2 N–H and O–H groups in total. The van der Waals surface area contributed by atoms with Crippen LogP contribution in [0.2, 0.25) is 0 Å². The fourth-order valence-corrected chi connectivity index (χ4v) is 4.18. The van der Waals surface area contributed by atoms with Crippen molar-refractivity contribution in [1.29, 1.82) is 0 Å². The first-order valence-corrected chi connectivity index (χ1v) is 11.2. The van der Waals surface area contributed by atoms with Gasteiger partial charge in [0.1, 0.15) is 0 Å². The highest BCUT2D eigenvalue weighted by Crippen LogP contribution is 2.24. The van der Waals surface area contributed by atoms with Gasteiger partial charge in [0.2, 0.25) is 5.91 Å². The second-order valence-electron chi connectivity index (χ2n) is 7.44. The van der Waals surface area contributed by atoms with Crippen molar-refractivity contribution in [3.8, 4) is 11.3 Å². The van der Waals surface area contributed by atoms with Crippen molar-refractivity contribution < 1.29 is 4.79 Å². The van der Waals surface area contributed by atoms with E-state index >= 15 is 0 Å². The van der Waals surface area contributed by atoms with Gasteiger partial charge in [-0.25, -0.2) is 0 Å². The maximum absolute atomic E-state index is 12.7. The summed E-state index contributed by atoms with van der Waals surface area (Å²) in [5.41, 5.74) is 4.13. The number of aromatic amines is 1. The minimum Gasteiger partial charge on any atom is -0.326 e. The summed E-state index contributed by atoms with van der Waals surface area (Å²) in [6.45, 7) is 2.86. The fraction of sp³-hybridized carbons (Fsp3) is 0.304. The van der Waals surface area contributed by atoms with E-state index < -0.39 is 0 Å². The monoisotopic (exact) mass is 406 g/mol. The Bertz CT molecular complexity index is 932. The van der Waals surface area contributed by atoms with E-state index in [2.05, 4.69) is 50.9 Å². The van der Waals surface area contributed by atoms with Crippen LogP contribution in [-0.4, -0.2) is 40.3 Å². The van der Waals surface area contributed by atoms with E-state index in [1.165, 1.54) is 10.5 Å². The van der Waals surface area contributed by atoms with Crippen molar-refractivity contribution in [3.63, 3.8) is 0 Å². The lowest BCUT2D eigenvalue weighted by Gasteiger charge is -2.31. The van der Waals surface area contributed by atoms with Gasteiger partial charge in [-0.1, -0.05) is 24.3 Å². The van der Waals surface area contributed by atoms with E-state index in [4.69, 9.17) is 0 Å². The van der Waals surface area contributed by atoms with Crippen LogP contribution in [0.3, 0.4) is 0 Å². The van der Waals surface area contributed by atoms with Gasteiger partial charge in [0.25, 0.3) is 0 Å². The molecule has 0 unspecified atom stereocenters. The molecule has 0 spiro atoms. The van der Waals surface area contributed by atoms with Gasteiger partial charge in [-0.15, -0.1) is 11.8 Å². The number of hydrogen-bond acceptors (Lipinski definition) is 4. The van der Waals surface area contributed by atoms with Crippen molar-refractivity contribution in [2.24, 2.45) is 5.92 Å². The van der Waals surface area contributed by atoms with E-state index in [9.17, 15) is 4.79 Å². The molecule has 1 aliphatic rings. The number of carbonyl (C=O) groups is 1. The highest BCUT2D eigenvalue weighted by molar-refractivity contribution is 7.98. The summed E-state index contributed by atoms with van der Waals surface area (Å²) in [5, 5.41) is 10.0. The Morgan fingerprint density at radius 3 is 2.66 bits per heavy atom. The Morgan fingerprint density at radius 2 is 1.97 bits per heavy atom. The second-order valence-corrected chi connectivity index (χ2v) is 8.32. The van der Waals surface area contributed by atoms with Gasteiger partial charge in [-0.3, -0.25) is 14.8 Å². The van der Waals surface area contributed by atoms with Gasteiger partial charge in [0.15, 0.2) is 0 Å². The molecule has 1 saturated heterocycles. The summed E-state index contributed by atoms with van der Waals surface area (Å²) < 4.78 is 0. The molecule has 5 nitrogen and oxygen atoms in total. The molecule has 0 radical (unpaired) electrons. The fourth-order valence-electron chi connectivity index (χ4n) is 3.77. The maximum Gasteiger partial charge on any atom is 0.227 e. The van der Waals surface area contributed by atoms with Gasteiger partial charge >= 0.3 is 0 Å². The van der Waals surface area contributed by atoms with Crippen LogP contribution in [0.1, 0.15) is 18.4 Å². The first kappa shape index (κ1) is 19.7. The first-order chi connectivity index (χ1) is 14.2. The largest absolute Gasteiger partial charge is 0.326 e. The maximum atomic E-state index is 12.7. The third kappa shape index (κ3) is 5.08. The molecule has 2 heterocycles. The number of hydrogen-bond donors (Lipinski definition) is 2. The number of rotatable bonds is 6. The van der Waals surface area contributed by atoms with Gasteiger partial charge in [-0.05, 0) is 68.1 Å². The molecule has 4 rings (SSSR count). The first-order valence-electron chi connectivity index (χ1n) is 9.97. The van der Waals surface area contributed by atoms with Gasteiger partial charge in [0.05, 0.1) is 5.69 Å². The zero-order chi connectivity index (χ0) is 20.1. The molecule has 150 valence electrons. The van der Waals surface area contributed by atoms with Crippen LogP contribution in [0.25, 0.3) is 11.3 Å². The number of piperidine rings is 1. The van der Waals surface area contributed by atoms with E-state index in [0.717, 1.165) is 49.4 Å². The number of aromatic nitrogens is 2. The van der Waals surface area contributed by atoms with Crippen LogP contribution in [0, 0.1) is 5.92 Å². The zero-order valence-electron chi connectivity index (χ0n) is 16.6. The van der Waals surface area contributed by atoms with E-state index in [1.54, 1.807) is 18.0 Å². The number of nitrogens with zero attached hydrogens (tertiary/aromatic N) is 2. The molecule has 2 aromatic carbocycles. The van der Waals surface area contributed by atoms with Crippen LogP contribution >= 0.6 is 11.8 Å². The van der Waals surface area contributed by atoms with Crippen LogP contribution < -0.4 is 5.32 Å². The zero-order valence-corrected chi connectivity index (χ0v) is 17.4. The van der Waals surface area contributed by atoms with Crippen LogP contribution in [-0.2, 0) is 11.3 Å².